The van der Waals surface area contributed by atoms with E-state index in [0.717, 1.165) is 16.9 Å². The molecule has 9 heteroatoms. The molecule has 1 aliphatic rings. The summed E-state index contributed by atoms with van der Waals surface area (Å²) in [5, 5.41) is 23.2. The SMILES string of the molecule is O=C(NCc1cccc(OCc2ccccn2)c1)[C@H](O)[C@@H](O)C(=O)N1CCN(c2ccccc2)CC1. The minimum absolute atomic E-state index is 0.105. The van der Waals surface area contributed by atoms with Crippen molar-refractivity contribution in [2.24, 2.45) is 0 Å². The van der Waals surface area contributed by atoms with Crippen LogP contribution in [0.2, 0.25) is 0 Å². The lowest BCUT2D eigenvalue weighted by atomic mass is 10.1. The molecular weight excluding hydrogens is 460 g/mol. The van der Waals surface area contributed by atoms with Gasteiger partial charge in [0.05, 0.1) is 5.69 Å². The number of anilines is 1. The summed E-state index contributed by atoms with van der Waals surface area (Å²) in [7, 11) is 0. The molecule has 3 aromatic rings. The lowest BCUT2D eigenvalue weighted by Gasteiger charge is -2.37. The Balaban J connectivity index is 1.24. The van der Waals surface area contributed by atoms with Gasteiger partial charge in [-0.05, 0) is 42.0 Å². The number of ether oxygens (including phenoxy) is 1. The first-order chi connectivity index (χ1) is 17.5. The van der Waals surface area contributed by atoms with E-state index >= 15 is 0 Å². The van der Waals surface area contributed by atoms with Crippen LogP contribution in [0.1, 0.15) is 11.3 Å². The Morgan fingerprint density at radius 3 is 2.39 bits per heavy atom. The highest BCUT2D eigenvalue weighted by molar-refractivity contribution is 5.90. The monoisotopic (exact) mass is 490 g/mol. The van der Waals surface area contributed by atoms with Crippen molar-refractivity contribution in [3.8, 4) is 5.75 Å². The molecule has 4 rings (SSSR count). The first-order valence-corrected chi connectivity index (χ1v) is 11.9. The largest absolute Gasteiger partial charge is 0.487 e. The lowest BCUT2D eigenvalue weighted by Crippen LogP contribution is -2.55. The molecule has 0 aliphatic carbocycles. The molecular formula is C27H30N4O5. The maximum absolute atomic E-state index is 12.7. The number of hydrogen-bond donors (Lipinski definition) is 3. The van der Waals surface area contributed by atoms with Crippen molar-refractivity contribution >= 4 is 17.5 Å². The van der Waals surface area contributed by atoms with E-state index < -0.39 is 24.0 Å². The van der Waals surface area contributed by atoms with Gasteiger partial charge in [-0.25, -0.2) is 0 Å². The average molecular weight is 491 g/mol. The van der Waals surface area contributed by atoms with Crippen LogP contribution in [-0.4, -0.2) is 70.3 Å². The van der Waals surface area contributed by atoms with Gasteiger partial charge in [-0.2, -0.15) is 0 Å². The van der Waals surface area contributed by atoms with E-state index in [1.54, 1.807) is 30.5 Å². The highest BCUT2D eigenvalue weighted by atomic mass is 16.5. The molecule has 36 heavy (non-hydrogen) atoms. The Morgan fingerprint density at radius 1 is 0.917 bits per heavy atom. The molecule has 2 atom stereocenters. The fraction of sp³-hybridized carbons (Fsp3) is 0.296. The van der Waals surface area contributed by atoms with Gasteiger partial charge in [0.15, 0.2) is 12.2 Å². The molecule has 1 aliphatic heterocycles. The average Bonchev–Trinajstić information content (AvgIpc) is 2.95. The summed E-state index contributed by atoms with van der Waals surface area (Å²) in [5.74, 6) is -0.869. The molecule has 1 saturated heterocycles. The Kier molecular flexibility index (Phi) is 8.48. The zero-order valence-electron chi connectivity index (χ0n) is 19.9. The molecule has 1 fully saturated rings. The van der Waals surface area contributed by atoms with Crippen LogP contribution in [0.3, 0.4) is 0 Å². The molecule has 1 aromatic heterocycles. The van der Waals surface area contributed by atoms with E-state index in [1.807, 2.05) is 48.5 Å². The number of nitrogens with zero attached hydrogens (tertiary/aromatic N) is 3. The summed E-state index contributed by atoms with van der Waals surface area (Å²) in [6, 6.07) is 22.6. The molecule has 9 nitrogen and oxygen atoms in total. The molecule has 3 N–H and O–H groups in total. The Hall–Kier alpha value is -3.95. The fourth-order valence-electron chi connectivity index (χ4n) is 3.97. The minimum Gasteiger partial charge on any atom is -0.487 e. The molecule has 0 unspecified atom stereocenters. The molecule has 2 amide bonds. The van der Waals surface area contributed by atoms with Gasteiger partial charge in [-0.1, -0.05) is 36.4 Å². The highest BCUT2D eigenvalue weighted by Crippen LogP contribution is 2.17. The van der Waals surface area contributed by atoms with E-state index in [2.05, 4.69) is 15.2 Å². The summed E-state index contributed by atoms with van der Waals surface area (Å²) in [6.45, 7) is 2.40. The van der Waals surface area contributed by atoms with E-state index in [9.17, 15) is 19.8 Å². The van der Waals surface area contributed by atoms with Crippen molar-refractivity contribution in [3.05, 3.63) is 90.3 Å². The van der Waals surface area contributed by atoms with Crippen LogP contribution in [0.4, 0.5) is 5.69 Å². The van der Waals surface area contributed by atoms with Crippen molar-refractivity contribution in [1.82, 2.24) is 15.2 Å². The molecule has 0 spiro atoms. The first-order valence-electron chi connectivity index (χ1n) is 11.9. The first kappa shape index (κ1) is 25.2. The van der Waals surface area contributed by atoms with Crippen LogP contribution in [0.15, 0.2) is 79.0 Å². The van der Waals surface area contributed by atoms with Gasteiger partial charge in [-0.3, -0.25) is 14.6 Å². The van der Waals surface area contributed by atoms with Crippen LogP contribution < -0.4 is 15.0 Å². The number of para-hydroxylation sites is 1. The van der Waals surface area contributed by atoms with Crippen LogP contribution in [0.25, 0.3) is 0 Å². The maximum atomic E-state index is 12.7. The molecule has 0 radical (unpaired) electrons. The number of benzene rings is 2. The van der Waals surface area contributed by atoms with E-state index in [0.29, 0.717) is 38.5 Å². The van der Waals surface area contributed by atoms with Gasteiger partial charge < -0.3 is 30.1 Å². The third-order valence-electron chi connectivity index (χ3n) is 6.01. The summed E-state index contributed by atoms with van der Waals surface area (Å²) in [6.07, 6.45) is -2.01. The van der Waals surface area contributed by atoms with Gasteiger partial charge in [0.1, 0.15) is 12.4 Å². The predicted molar refractivity (Wildman–Crippen MR) is 134 cm³/mol. The Morgan fingerprint density at radius 2 is 1.67 bits per heavy atom. The van der Waals surface area contributed by atoms with E-state index in [1.165, 1.54) is 4.90 Å². The van der Waals surface area contributed by atoms with Crippen molar-refractivity contribution in [2.45, 2.75) is 25.4 Å². The van der Waals surface area contributed by atoms with Crippen LogP contribution >= 0.6 is 0 Å². The van der Waals surface area contributed by atoms with Gasteiger partial charge in [0.25, 0.3) is 11.8 Å². The van der Waals surface area contributed by atoms with Gasteiger partial charge in [0, 0.05) is 44.6 Å². The number of hydrogen-bond acceptors (Lipinski definition) is 7. The summed E-state index contributed by atoms with van der Waals surface area (Å²) < 4.78 is 5.74. The van der Waals surface area contributed by atoms with Crippen molar-refractivity contribution in [1.29, 1.82) is 0 Å². The van der Waals surface area contributed by atoms with E-state index in [4.69, 9.17) is 4.74 Å². The second-order valence-corrected chi connectivity index (χ2v) is 8.51. The van der Waals surface area contributed by atoms with E-state index in [-0.39, 0.29) is 6.54 Å². The maximum Gasteiger partial charge on any atom is 0.254 e. The van der Waals surface area contributed by atoms with Crippen LogP contribution in [0.5, 0.6) is 5.75 Å². The number of rotatable bonds is 9. The standard InChI is InChI=1S/C27H30N4O5/c32-24(25(33)27(35)31-15-13-30(14-16-31)22-9-2-1-3-10-22)26(34)29-18-20-7-6-11-23(17-20)36-19-21-8-4-5-12-28-21/h1-12,17,24-25,32-33H,13-16,18-19H2,(H,29,34)/t24-,25-/m1/s1. The number of amides is 2. The summed E-state index contributed by atoms with van der Waals surface area (Å²) >= 11 is 0. The molecule has 0 saturated carbocycles. The summed E-state index contributed by atoms with van der Waals surface area (Å²) in [5.41, 5.74) is 2.60. The zero-order chi connectivity index (χ0) is 25.3. The number of carbonyl (C=O) groups excluding carboxylic acids is 2. The number of nitrogens with one attached hydrogen (secondary N) is 1. The second kappa shape index (κ2) is 12.1. The third-order valence-corrected chi connectivity index (χ3v) is 6.01. The van der Waals surface area contributed by atoms with Gasteiger partial charge >= 0.3 is 0 Å². The highest BCUT2D eigenvalue weighted by Gasteiger charge is 2.34. The third kappa shape index (κ3) is 6.59. The van der Waals surface area contributed by atoms with Crippen LogP contribution in [0, 0.1) is 0 Å². The zero-order valence-corrected chi connectivity index (χ0v) is 19.9. The van der Waals surface area contributed by atoms with Crippen molar-refractivity contribution < 1.29 is 24.5 Å². The van der Waals surface area contributed by atoms with Crippen molar-refractivity contribution in [2.75, 3.05) is 31.1 Å². The molecule has 2 aromatic carbocycles. The number of piperazine rings is 1. The van der Waals surface area contributed by atoms with Gasteiger partial charge in [0.2, 0.25) is 0 Å². The lowest BCUT2D eigenvalue weighted by molar-refractivity contribution is -0.153. The molecule has 2 heterocycles. The smallest absolute Gasteiger partial charge is 0.254 e. The number of aromatic nitrogens is 1. The number of pyridine rings is 1. The Labute approximate surface area is 210 Å². The van der Waals surface area contributed by atoms with Crippen LogP contribution in [-0.2, 0) is 22.7 Å². The second-order valence-electron chi connectivity index (χ2n) is 8.51. The normalized spacial score (nSPS) is 15.2. The van der Waals surface area contributed by atoms with Gasteiger partial charge in [-0.15, -0.1) is 0 Å². The number of carbonyl (C=O) groups is 2. The predicted octanol–water partition coefficient (Wildman–Crippen LogP) is 1.35. The molecule has 0 bridgehead atoms. The Bertz CT molecular complexity index is 1140. The minimum atomic E-state index is -1.87. The summed E-state index contributed by atoms with van der Waals surface area (Å²) in [4.78, 5) is 33.0. The van der Waals surface area contributed by atoms with Crippen molar-refractivity contribution in [3.63, 3.8) is 0 Å². The topological polar surface area (TPSA) is 115 Å². The molecule has 188 valence electrons. The number of aliphatic hydroxyl groups excluding tert-OH is 2. The number of aliphatic hydroxyl groups is 2. The fourth-order valence-corrected chi connectivity index (χ4v) is 3.97. The quantitative estimate of drug-likeness (QED) is 0.415.